The average molecular weight is 255 g/mol. The minimum Gasteiger partial charge on any atom is -0.378 e. The summed E-state index contributed by atoms with van der Waals surface area (Å²) in [6.45, 7) is 5.67. The number of rotatable bonds is 4. The molecular weight excluding hydrogens is 236 g/mol. The maximum absolute atomic E-state index is 13.1. The van der Waals surface area contributed by atoms with Crippen LogP contribution < -0.4 is 5.32 Å². The molecule has 1 saturated heterocycles. The summed E-state index contributed by atoms with van der Waals surface area (Å²) in [6, 6.07) is 4.05. The molecule has 0 saturated carbocycles. The van der Waals surface area contributed by atoms with Crippen LogP contribution in [0, 0.1) is 17.6 Å². The van der Waals surface area contributed by atoms with Crippen LogP contribution in [0.4, 0.5) is 8.78 Å². The molecule has 1 aromatic rings. The molecule has 3 unspecified atom stereocenters. The molecule has 1 fully saturated rings. The third kappa shape index (κ3) is 3.06. The highest BCUT2D eigenvalue weighted by atomic mass is 19.2. The van der Waals surface area contributed by atoms with Gasteiger partial charge in [-0.25, -0.2) is 8.78 Å². The van der Waals surface area contributed by atoms with E-state index in [0.717, 1.165) is 25.1 Å². The first-order valence-electron chi connectivity index (χ1n) is 6.38. The Morgan fingerprint density at radius 2 is 2.17 bits per heavy atom. The molecule has 1 aliphatic rings. The van der Waals surface area contributed by atoms with E-state index in [9.17, 15) is 8.78 Å². The molecule has 4 heteroatoms. The summed E-state index contributed by atoms with van der Waals surface area (Å²) in [4.78, 5) is 0. The van der Waals surface area contributed by atoms with Crippen molar-refractivity contribution in [2.24, 2.45) is 5.92 Å². The van der Waals surface area contributed by atoms with E-state index in [4.69, 9.17) is 4.74 Å². The minimum atomic E-state index is -0.802. The quantitative estimate of drug-likeness (QED) is 0.893. The highest BCUT2D eigenvalue weighted by Gasteiger charge is 2.24. The summed E-state index contributed by atoms with van der Waals surface area (Å²) in [6.07, 6.45) is 1.33. The number of ether oxygens (including phenoxy) is 1. The van der Waals surface area contributed by atoms with Crippen molar-refractivity contribution >= 4 is 0 Å². The van der Waals surface area contributed by atoms with Gasteiger partial charge in [-0.3, -0.25) is 0 Å². The summed E-state index contributed by atoms with van der Waals surface area (Å²) < 4.78 is 31.4. The topological polar surface area (TPSA) is 21.3 Å². The van der Waals surface area contributed by atoms with Gasteiger partial charge < -0.3 is 10.1 Å². The number of nitrogens with one attached hydrogen (secondary N) is 1. The van der Waals surface area contributed by atoms with Gasteiger partial charge in [-0.05, 0) is 43.9 Å². The van der Waals surface area contributed by atoms with Gasteiger partial charge in [-0.15, -0.1) is 0 Å². The molecule has 1 heterocycles. The normalized spacial score (nSPS) is 25.3. The Morgan fingerprint density at radius 3 is 2.78 bits per heavy atom. The maximum Gasteiger partial charge on any atom is 0.159 e. The molecule has 1 N–H and O–H groups in total. The van der Waals surface area contributed by atoms with E-state index in [1.165, 1.54) is 12.1 Å². The van der Waals surface area contributed by atoms with Crippen molar-refractivity contribution in [3.63, 3.8) is 0 Å². The molecule has 100 valence electrons. The Kier molecular flexibility index (Phi) is 4.30. The molecule has 3 atom stereocenters. The van der Waals surface area contributed by atoms with Gasteiger partial charge in [0.1, 0.15) is 0 Å². The first-order chi connectivity index (χ1) is 8.58. The zero-order chi connectivity index (χ0) is 13.1. The van der Waals surface area contributed by atoms with Gasteiger partial charge in [0.25, 0.3) is 0 Å². The molecule has 1 aliphatic heterocycles. The molecule has 0 amide bonds. The van der Waals surface area contributed by atoms with Crippen molar-refractivity contribution < 1.29 is 13.5 Å². The molecule has 0 spiro atoms. The van der Waals surface area contributed by atoms with Gasteiger partial charge in [-0.2, -0.15) is 0 Å². The second kappa shape index (κ2) is 5.76. The summed E-state index contributed by atoms with van der Waals surface area (Å²) in [5, 5.41) is 3.35. The number of benzene rings is 1. The van der Waals surface area contributed by atoms with E-state index in [0.29, 0.717) is 5.92 Å². The van der Waals surface area contributed by atoms with Crippen LogP contribution in [0.2, 0.25) is 0 Å². The standard InChI is InChI=1S/C14H19F2NO/c1-9(11-3-4-13(15)14(16)7-11)17-8-12-5-6-18-10(12)2/h3-4,7,9-10,12,17H,5-6,8H2,1-2H3. The van der Waals surface area contributed by atoms with Crippen molar-refractivity contribution in [2.45, 2.75) is 32.4 Å². The van der Waals surface area contributed by atoms with Crippen molar-refractivity contribution in [2.75, 3.05) is 13.2 Å². The van der Waals surface area contributed by atoms with Gasteiger partial charge in [0, 0.05) is 19.2 Å². The van der Waals surface area contributed by atoms with Crippen LogP contribution in [0.1, 0.15) is 31.9 Å². The molecule has 2 nitrogen and oxygen atoms in total. The largest absolute Gasteiger partial charge is 0.378 e. The fraction of sp³-hybridized carbons (Fsp3) is 0.571. The lowest BCUT2D eigenvalue weighted by molar-refractivity contribution is 0.105. The van der Waals surface area contributed by atoms with Crippen LogP contribution in [0.25, 0.3) is 0 Å². The molecule has 0 aromatic heterocycles. The van der Waals surface area contributed by atoms with Gasteiger partial charge in [0.05, 0.1) is 6.10 Å². The fourth-order valence-electron chi connectivity index (χ4n) is 2.27. The van der Waals surface area contributed by atoms with Gasteiger partial charge in [0.2, 0.25) is 0 Å². The molecule has 18 heavy (non-hydrogen) atoms. The number of hydrogen-bond acceptors (Lipinski definition) is 2. The summed E-state index contributed by atoms with van der Waals surface area (Å²) in [7, 11) is 0. The SMILES string of the molecule is CC(NCC1CCOC1C)c1ccc(F)c(F)c1. The second-order valence-electron chi connectivity index (χ2n) is 4.93. The average Bonchev–Trinajstić information content (AvgIpc) is 2.75. The fourth-order valence-corrected chi connectivity index (χ4v) is 2.27. The molecule has 1 aromatic carbocycles. The number of hydrogen-bond donors (Lipinski definition) is 1. The molecular formula is C14H19F2NO. The third-order valence-corrected chi connectivity index (χ3v) is 3.66. The lowest BCUT2D eigenvalue weighted by Gasteiger charge is -2.19. The Hall–Kier alpha value is -1.00. The Bertz CT molecular complexity index is 411. The third-order valence-electron chi connectivity index (χ3n) is 3.66. The van der Waals surface area contributed by atoms with Crippen LogP contribution in [-0.2, 0) is 4.74 Å². The lowest BCUT2D eigenvalue weighted by Crippen LogP contribution is -2.29. The highest BCUT2D eigenvalue weighted by molar-refractivity contribution is 5.20. The molecule has 0 aliphatic carbocycles. The number of halogens is 2. The molecule has 0 bridgehead atoms. The summed E-state index contributed by atoms with van der Waals surface area (Å²) in [5.41, 5.74) is 0.764. The highest BCUT2D eigenvalue weighted by Crippen LogP contribution is 2.21. The Morgan fingerprint density at radius 1 is 1.39 bits per heavy atom. The van der Waals surface area contributed by atoms with E-state index >= 15 is 0 Å². The van der Waals surface area contributed by atoms with Crippen LogP contribution in [0.5, 0.6) is 0 Å². The Balaban J connectivity index is 1.90. The molecule has 2 rings (SSSR count). The smallest absolute Gasteiger partial charge is 0.159 e. The van der Waals surface area contributed by atoms with Crippen LogP contribution in [-0.4, -0.2) is 19.3 Å². The van der Waals surface area contributed by atoms with Crippen molar-refractivity contribution in [3.8, 4) is 0 Å². The first-order valence-corrected chi connectivity index (χ1v) is 6.38. The van der Waals surface area contributed by atoms with Crippen LogP contribution >= 0.6 is 0 Å². The predicted octanol–water partition coefficient (Wildman–Crippen LogP) is 3.04. The maximum atomic E-state index is 13.1. The lowest BCUT2D eigenvalue weighted by atomic mass is 10.0. The van der Waals surface area contributed by atoms with E-state index in [-0.39, 0.29) is 12.1 Å². The van der Waals surface area contributed by atoms with Crippen molar-refractivity contribution in [1.82, 2.24) is 5.32 Å². The zero-order valence-electron chi connectivity index (χ0n) is 10.7. The monoisotopic (exact) mass is 255 g/mol. The van der Waals surface area contributed by atoms with Gasteiger partial charge >= 0.3 is 0 Å². The van der Waals surface area contributed by atoms with E-state index in [1.54, 1.807) is 6.07 Å². The van der Waals surface area contributed by atoms with E-state index in [1.807, 2.05) is 6.92 Å². The van der Waals surface area contributed by atoms with Gasteiger partial charge in [-0.1, -0.05) is 6.07 Å². The second-order valence-corrected chi connectivity index (χ2v) is 4.93. The van der Waals surface area contributed by atoms with Crippen molar-refractivity contribution in [3.05, 3.63) is 35.4 Å². The zero-order valence-corrected chi connectivity index (χ0v) is 10.7. The summed E-state index contributed by atoms with van der Waals surface area (Å²) >= 11 is 0. The first kappa shape index (κ1) is 13.4. The molecule has 0 radical (unpaired) electrons. The van der Waals surface area contributed by atoms with Crippen LogP contribution in [0.3, 0.4) is 0 Å². The minimum absolute atomic E-state index is 0.00731. The van der Waals surface area contributed by atoms with Gasteiger partial charge in [0.15, 0.2) is 11.6 Å². The van der Waals surface area contributed by atoms with Crippen LogP contribution in [0.15, 0.2) is 18.2 Å². The van der Waals surface area contributed by atoms with Crippen molar-refractivity contribution in [1.29, 1.82) is 0 Å². The van der Waals surface area contributed by atoms with E-state index in [2.05, 4.69) is 12.2 Å². The predicted molar refractivity (Wildman–Crippen MR) is 66.3 cm³/mol. The van der Waals surface area contributed by atoms with E-state index < -0.39 is 11.6 Å². The Labute approximate surface area is 106 Å². The summed E-state index contributed by atoms with van der Waals surface area (Å²) in [5.74, 6) is -1.10.